The van der Waals surface area contributed by atoms with Crippen LogP contribution in [-0.2, 0) is 0 Å². The number of rotatable bonds is 10. The molecule has 0 aromatic rings. The van der Waals surface area contributed by atoms with Crippen LogP contribution in [0.2, 0.25) is 0 Å². The standard InChI is InChI=1S/C26H46.2C25H44.2C23H40.5C3H8/c1-18-17-26(14-10-5-6-11-15-26)25(19(18)2)16-24-21(4)20(3)22-12-8-7-9-13-23(22)24;1-16-17(2)25(23-14-10-6-7-11-20(16)23)15-24-18(3)21-12-8-5-9-13-22(21)19(24)4;1-16-20-11-7-5-8-12-21(20)17(2)24(16)15-25-18(3)22-13-9-6-10-14-23(22)19(25)4;1-14-15(2)23(21-12-8-7-9-18(14)21)13-22-16(3)19-10-5-6-11-20(19)17(22)4;1-14-18-9-5-6-10-19(18)15(2)22(14)13-23-16(3)20-11-7-8-12-21(20)17(23)4;5*1-3-2/h18-25H,5-17H2,1-4H3;2*16-25H,5-15H2,1-4H3;2*14-23H,5-13H2,1-4H3;5*3H2,1-2H3. The molecule has 0 heterocycles. The summed E-state index contributed by atoms with van der Waals surface area (Å²) in [6.45, 7) is 73.9. The summed E-state index contributed by atoms with van der Waals surface area (Å²) < 4.78 is 0. The van der Waals surface area contributed by atoms with Crippen molar-refractivity contribution in [3.8, 4) is 0 Å². The number of hydrogen-bond donors (Lipinski definition) is 0. The van der Waals surface area contributed by atoms with E-state index >= 15 is 0 Å². The Bertz CT molecular complexity index is 2990. The molecular weight excluding hydrogens is 1650 g/mol. The molecule has 137 heavy (non-hydrogen) atoms. The smallest absolute Gasteiger partial charge is 0.0264 e. The lowest BCUT2D eigenvalue weighted by Crippen LogP contribution is -2.32. The van der Waals surface area contributed by atoms with Gasteiger partial charge in [-0.25, -0.2) is 0 Å². The molecule has 0 saturated heterocycles. The van der Waals surface area contributed by atoms with Crippen LogP contribution in [0, 0.1) is 289 Å². The molecule has 0 aliphatic heterocycles. The van der Waals surface area contributed by atoms with Gasteiger partial charge in [0.1, 0.15) is 0 Å². The third-order valence-corrected chi connectivity index (χ3v) is 50.4. The average Bonchev–Trinajstić information content (AvgIpc) is 2.47. The van der Waals surface area contributed by atoms with Crippen LogP contribution in [0.5, 0.6) is 0 Å². The molecular formula is C137H254. The van der Waals surface area contributed by atoms with Crippen molar-refractivity contribution < 1.29 is 0 Å². The second-order valence-corrected chi connectivity index (χ2v) is 57.4. The SMILES string of the molecule is CC1C(CC2C(C)C(C)C3CCCCC32)C(C)C2CCCCC12.CC1C(CC2C(C)C(C)C3CCCCCC32)C(C)C2CCCCCC12.CC1C(CC2C(C)C3CCCCC3C2C)C(C)C2CCCCC12.CC1C(CC2C(C)C3CCCCCC3C2C)C(C)C2CCCCCC12.CC1CC2(CCCCCC2)C(CC2C(C)C(C)C3CCCCCC32)C1C.CCC.CCC.CCC.CCC.CCC. The molecule has 42 unspecified atom stereocenters. The van der Waals surface area contributed by atoms with E-state index in [4.69, 9.17) is 0 Å². The summed E-state index contributed by atoms with van der Waals surface area (Å²) in [6, 6.07) is 0. The van der Waals surface area contributed by atoms with Crippen molar-refractivity contribution >= 4 is 0 Å². The van der Waals surface area contributed by atoms with Gasteiger partial charge >= 0.3 is 0 Å². The molecule has 20 aliphatic carbocycles. The molecule has 0 bridgehead atoms. The maximum atomic E-state index is 2.66. The molecule has 802 valence electrons. The molecule has 0 radical (unpaired) electrons. The van der Waals surface area contributed by atoms with E-state index in [-0.39, 0.29) is 0 Å². The van der Waals surface area contributed by atoms with Crippen molar-refractivity contribution in [2.24, 2.45) is 289 Å². The first kappa shape index (κ1) is 117. The Morgan fingerprint density at radius 1 is 0.139 bits per heavy atom. The van der Waals surface area contributed by atoms with E-state index in [0.717, 1.165) is 289 Å². The predicted molar refractivity (Wildman–Crippen MR) is 608 cm³/mol. The average molecular weight is 1900 g/mol. The molecule has 42 atom stereocenters. The van der Waals surface area contributed by atoms with Gasteiger partial charge in [-0.2, -0.15) is 0 Å². The molecule has 20 saturated carbocycles. The summed E-state index contributed by atoms with van der Waals surface area (Å²) in [4.78, 5) is 0. The molecule has 1 spiro atoms. The topological polar surface area (TPSA) is 0 Å². The van der Waals surface area contributed by atoms with Crippen LogP contribution in [0.25, 0.3) is 0 Å². The lowest BCUT2D eigenvalue weighted by molar-refractivity contribution is 0.0945. The Labute approximate surface area is 863 Å². The summed E-state index contributed by atoms with van der Waals surface area (Å²) >= 11 is 0. The Morgan fingerprint density at radius 2 is 0.277 bits per heavy atom. The van der Waals surface area contributed by atoms with Gasteiger partial charge in [-0.05, 0) is 456 Å². The lowest BCUT2D eigenvalue weighted by Gasteiger charge is -2.40. The van der Waals surface area contributed by atoms with Gasteiger partial charge in [0.2, 0.25) is 0 Å². The quantitative estimate of drug-likeness (QED) is 0.205. The third kappa shape index (κ3) is 27.5. The van der Waals surface area contributed by atoms with E-state index in [1.807, 2.05) is 0 Å². The third-order valence-electron chi connectivity index (χ3n) is 50.4. The van der Waals surface area contributed by atoms with Gasteiger partial charge in [-0.1, -0.05) is 413 Å². The molecule has 0 heteroatoms. The highest BCUT2D eigenvalue weighted by molar-refractivity contribution is 5.09. The predicted octanol–water partition coefficient (Wildman–Crippen LogP) is 43.9. The van der Waals surface area contributed by atoms with Crippen LogP contribution < -0.4 is 0 Å². The largest absolute Gasteiger partial charge is 0.0656 e. The Morgan fingerprint density at radius 3 is 0.460 bits per heavy atom. The molecule has 0 nitrogen and oxygen atoms in total. The van der Waals surface area contributed by atoms with Crippen molar-refractivity contribution in [3.63, 3.8) is 0 Å². The van der Waals surface area contributed by atoms with E-state index in [1.165, 1.54) is 205 Å². The maximum Gasteiger partial charge on any atom is -0.0264 e. The van der Waals surface area contributed by atoms with Gasteiger partial charge < -0.3 is 0 Å². The zero-order valence-electron chi connectivity index (χ0n) is 99.2. The number of hydrogen-bond acceptors (Lipinski definition) is 0. The molecule has 20 fully saturated rings. The van der Waals surface area contributed by atoms with Gasteiger partial charge in [0.05, 0.1) is 0 Å². The van der Waals surface area contributed by atoms with Crippen molar-refractivity contribution in [1.29, 1.82) is 0 Å². The van der Waals surface area contributed by atoms with Gasteiger partial charge in [0.25, 0.3) is 0 Å². The summed E-state index contributed by atoms with van der Waals surface area (Å²) in [5.41, 5.74) is 0.737. The van der Waals surface area contributed by atoms with E-state index in [0.29, 0.717) is 0 Å². The van der Waals surface area contributed by atoms with Crippen molar-refractivity contribution in [2.75, 3.05) is 0 Å². The van der Waals surface area contributed by atoms with Gasteiger partial charge in [0, 0.05) is 0 Å². The second kappa shape index (κ2) is 57.3. The molecule has 0 N–H and O–H groups in total. The van der Waals surface area contributed by atoms with Crippen LogP contribution in [-0.4, -0.2) is 0 Å². The fourth-order valence-corrected chi connectivity index (χ4v) is 42.9. The first-order valence-corrected chi connectivity index (χ1v) is 66.0. The minimum Gasteiger partial charge on any atom is -0.0656 e. The Hall–Kier alpha value is 0. The van der Waals surface area contributed by atoms with Crippen molar-refractivity contribution in [2.45, 2.75) is 580 Å². The molecule has 0 aromatic carbocycles. The summed E-state index contributed by atoms with van der Waals surface area (Å²) in [5, 5.41) is 0. The first-order valence-electron chi connectivity index (χ1n) is 66.0. The van der Waals surface area contributed by atoms with E-state index < -0.39 is 0 Å². The van der Waals surface area contributed by atoms with Crippen LogP contribution in [0.4, 0.5) is 0 Å². The molecule has 0 amide bonds. The molecule has 20 rings (SSSR count). The van der Waals surface area contributed by atoms with Gasteiger partial charge in [-0.15, -0.1) is 0 Å². The van der Waals surface area contributed by atoms with Crippen LogP contribution in [0.1, 0.15) is 580 Å². The fraction of sp³-hybridized carbons (Fsp3) is 1.00. The Kier molecular flexibility index (Phi) is 49.0. The zero-order valence-corrected chi connectivity index (χ0v) is 99.2. The summed E-state index contributed by atoms with van der Waals surface area (Å²) in [6.07, 6.45) is 87.8. The van der Waals surface area contributed by atoms with Crippen LogP contribution in [0.3, 0.4) is 0 Å². The van der Waals surface area contributed by atoms with E-state index in [2.05, 4.69) is 208 Å². The summed E-state index contributed by atoms with van der Waals surface area (Å²) in [7, 11) is 0. The minimum atomic E-state index is 0.737. The zero-order chi connectivity index (χ0) is 99.2. The minimum absolute atomic E-state index is 0.737. The first-order chi connectivity index (χ1) is 66.0. The monoisotopic (exact) mass is 1900 g/mol. The second-order valence-electron chi connectivity index (χ2n) is 57.4. The van der Waals surface area contributed by atoms with Gasteiger partial charge in [-0.3, -0.25) is 0 Å². The van der Waals surface area contributed by atoms with Crippen molar-refractivity contribution in [1.82, 2.24) is 0 Å². The highest BCUT2D eigenvalue weighted by atomic mass is 14.6. The fourth-order valence-electron chi connectivity index (χ4n) is 42.9. The lowest BCUT2D eigenvalue weighted by atomic mass is 9.65. The highest BCUT2D eigenvalue weighted by Crippen LogP contribution is 2.68. The normalized spacial score (nSPS) is 48.5. The van der Waals surface area contributed by atoms with Crippen molar-refractivity contribution in [3.05, 3.63) is 0 Å². The molecule has 20 aliphatic rings. The van der Waals surface area contributed by atoms with Gasteiger partial charge in [0.15, 0.2) is 0 Å². The highest BCUT2D eigenvalue weighted by Gasteiger charge is 2.60. The number of fused-ring (bicyclic) bond motifs is 9. The van der Waals surface area contributed by atoms with E-state index in [1.54, 1.807) is 167 Å². The van der Waals surface area contributed by atoms with Crippen LogP contribution in [0.15, 0.2) is 0 Å². The van der Waals surface area contributed by atoms with E-state index in [9.17, 15) is 0 Å². The molecule has 0 aromatic heterocycles. The summed E-state index contributed by atoms with van der Waals surface area (Å²) in [5.74, 6) is 49.8. The maximum absolute atomic E-state index is 2.66. The van der Waals surface area contributed by atoms with Crippen LogP contribution >= 0.6 is 0 Å². The Balaban J connectivity index is 0.000000158.